The van der Waals surface area contributed by atoms with Gasteiger partial charge >= 0.3 is 0 Å². The van der Waals surface area contributed by atoms with Gasteiger partial charge in [0.25, 0.3) is 5.69 Å². The van der Waals surface area contributed by atoms with Crippen LogP contribution in [0, 0.1) is 31.4 Å². The van der Waals surface area contributed by atoms with Gasteiger partial charge in [-0.05, 0) is 101 Å². The van der Waals surface area contributed by atoms with Crippen molar-refractivity contribution in [2.24, 2.45) is 17.8 Å². The second-order valence-corrected chi connectivity index (χ2v) is 12.4. The van der Waals surface area contributed by atoms with Crippen molar-refractivity contribution in [2.75, 3.05) is 25.2 Å². The minimum absolute atomic E-state index is 0.0723. The molecule has 0 saturated carbocycles. The Hall–Kier alpha value is -4.14. The number of rotatable bonds is 9. The summed E-state index contributed by atoms with van der Waals surface area (Å²) in [5.41, 5.74) is 4.05. The number of carbonyl (C=O) groups excluding carboxylic acids is 2. The fourth-order valence-corrected chi connectivity index (χ4v) is 7.39. The summed E-state index contributed by atoms with van der Waals surface area (Å²) in [5, 5.41) is 32.1. The Morgan fingerprint density at radius 1 is 1.18 bits per heavy atom. The van der Waals surface area contributed by atoms with Gasteiger partial charge < -0.3 is 19.7 Å². The lowest BCUT2D eigenvalue weighted by Crippen LogP contribution is -2.35. The van der Waals surface area contributed by atoms with Gasteiger partial charge in [0.05, 0.1) is 58.1 Å². The molecule has 4 atom stereocenters. The van der Waals surface area contributed by atoms with Gasteiger partial charge in [0.15, 0.2) is 11.5 Å². The molecular formula is C33H30IN3O8. The molecule has 1 aromatic heterocycles. The number of methoxy groups -OCH3 is 1. The molecule has 0 unspecified atom stereocenters. The summed E-state index contributed by atoms with van der Waals surface area (Å²) in [6.07, 6.45) is 4.64. The van der Waals surface area contributed by atoms with Gasteiger partial charge in [-0.3, -0.25) is 24.7 Å². The van der Waals surface area contributed by atoms with E-state index in [2.05, 4.69) is 27.6 Å². The summed E-state index contributed by atoms with van der Waals surface area (Å²) in [4.78, 5) is 43.7. The number of aromatic nitrogens is 1. The predicted octanol–water partition coefficient (Wildman–Crippen LogP) is 5.14. The number of hydrogen-bond acceptors (Lipinski definition) is 9. The summed E-state index contributed by atoms with van der Waals surface area (Å²) in [7, 11) is 1.50. The van der Waals surface area contributed by atoms with E-state index in [1.807, 2.05) is 30.3 Å². The number of hydrogen-bond donors (Lipinski definition) is 2. The lowest BCUT2D eigenvalue weighted by molar-refractivity contribution is -0.384. The number of nitrogens with zero attached hydrogens (tertiary/aromatic N) is 3. The van der Waals surface area contributed by atoms with E-state index in [0.29, 0.717) is 27.7 Å². The van der Waals surface area contributed by atoms with E-state index in [0.717, 1.165) is 27.3 Å². The van der Waals surface area contributed by atoms with Crippen molar-refractivity contribution >= 4 is 57.4 Å². The smallest absolute Gasteiger partial charge is 0.271 e. The zero-order valence-electron chi connectivity index (χ0n) is 24.3. The van der Waals surface area contributed by atoms with Crippen molar-refractivity contribution in [3.63, 3.8) is 0 Å². The first-order valence-electron chi connectivity index (χ1n) is 14.5. The first-order chi connectivity index (χ1) is 21.7. The fourth-order valence-electron chi connectivity index (χ4n) is 6.77. The van der Waals surface area contributed by atoms with E-state index in [-0.39, 0.29) is 48.8 Å². The number of imide groups is 1. The number of allylic oxidation sites excluding steroid dienone is 1. The third-order valence-corrected chi connectivity index (χ3v) is 9.60. The molecule has 2 N–H and O–H groups in total. The maximum atomic E-state index is 13.8. The Bertz CT molecular complexity index is 1740. The van der Waals surface area contributed by atoms with Crippen LogP contribution < -0.4 is 9.64 Å². The lowest BCUT2D eigenvalue weighted by atomic mass is 9.69. The van der Waals surface area contributed by atoms with Crippen LogP contribution >= 0.6 is 22.6 Å². The van der Waals surface area contributed by atoms with E-state index >= 15 is 0 Å². The molecule has 232 valence electrons. The SMILES string of the molecule is COc1cc(/C=C(/CC[C@H]2OC[C@H]3C2=C(CO)C[C@H]2C(=O)N(c4cccc([N+](=O)[O-])c4)C(=O)[C@H]23)c2ccccn2)cc(I)c1O. The topological polar surface area (TPSA) is 152 Å². The number of phenolic OH excluding ortho intramolecular Hbond substituents is 1. The normalized spacial score (nSPS) is 22.9. The van der Waals surface area contributed by atoms with E-state index in [4.69, 9.17) is 9.47 Å². The van der Waals surface area contributed by atoms with E-state index in [9.17, 15) is 29.9 Å². The summed E-state index contributed by atoms with van der Waals surface area (Å²) in [5.74, 6) is -2.13. The Balaban J connectivity index is 1.28. The molecule has 2 fully saturated rings. The number of anilines is 1. The number of non-ortho nitro benzene ring substituents is 1. The van der Waals surface area contributed by atoms with Crippen LogP contribution in [-0.2, 0) is 14.3 Å². The highest BCUT2D eigenvalue weighted by atomic mass is 127. The van der Waals surface area contributed by atoms with Crippen molar-refractivity contribution in [1.82, 2.24) is 4.98 Å². The molecule has 1 aliphatic carbocycles. The number of aliphatic hydroxyl groups excluding tert-OH is 1. The molecule has 2 saturated heterocycles. The number of nitro groups is 1. The van der Waals surface area contributed by atoms with Crippen LogP contribution in [0.5, 0.6) is 11.5 Å². The molecule has 6 rings (SSSR count). The molecule has 0 bridgehead atoms. The van der Waals surface area contributed by atoms with Crippen molar-refractivity contribution in [2.45, 2.75) is 25.4 Å². The largest absolute Gasteiger partial charge is 0.504 e. The van der Waals surface area contributed by atoms with Gasteiger partial charge in [-0.25, -0.2) is 4.90 Å². The molecule has 3 aliphatic rings. The molecule has 12 heteroatoms. The number of halogens is 1. The van der Waals surface area contributed by atoms with Crippen molar-refractivity contribution < 1.29 is 34.2 Å². The molecule has 2 aliphatic heterocycles. The molecule has 2 aromatic carbocycles. The first-order valence-corrected chi connectivity index (χ1v) is 15.5. The average Bonchev–Trinajstić information content (AvgIpc) is 3.58. The van der Waals surface area contributed by atoms with Crippen molar-refractivity contribution in [3.05, 3.63) is 96.9 Å². The Morgan fingerprint density at radius 3 is 2.71 bits per heavy atom. The Kier molecular flexibility index (Phi) is 8.71. The van der Waals surface area contributed by atoms with Crippen molar-refractivity contribution in [3.8, 4) is 11.5 Å². The highest BCUT2D eigenvalue weighted by Crippen LogP contribution is 2.50. The average molecular weight is 724 g/mol. The number of benzene rings is 2. The summed E-state index contributed by atoms with van der Waals surface area (Å²) in [6.45, 7) is -0.0374. The highest BCUT2D eigenvalue weighted by molar-refractivity contribution is 14.1. The van der Waals surface area contributed by atoms with Crippen LogP contribution in [0.4, 0.5) is 11.4 Å². The fraction of sp³-hybridized carbons (Fsp3) is 0.303. The number of fused-ring (bicyclic) bond motifs is 3. The molecule has 3 aromatic rings. The number of ether oxygens (including phenoxy) is 2. The monoisotopic (exact) mass is 723 g/mol. The quantitative estimate of drug-likeness (QED) is 0.101. The Labute approximate surface area is 272 Å². The van der Waals surface area contributed by atoms with Gasteiger partial charge in [-0.2, -0.15) is 0 Å². The number of nitro benzene ring substituents is 1. The number of carbonyl (C=O) groups is 2. The molecular weight excluding hydrogens is 693 g/mol. The molecule has 0 spiro atoms. The van der Waals surface area contributed by atoms with Gasteiger partial charge in [0, 0.05) is 24.2 Å². The van der Waals surface area contributed by atoms with Gasteiger partial charge in [0.2, 0.25) is 11.8 Å². The van der Waals surface area contributed by atoms with Crippen molar-refractivity contribution in [1.29, 1.82) is 0 Å². The number of phenols is 1. The lowest BCUT2D eigenvalue weighted by Gasteiger charge is -2.31. The number of amides is 2. The number of pyridine rings is 1. The van der Waals surface area contributed by atoms with Crippen LogP contribution in [0.2, 0.25) is 0 Å². The summed E-state index contributed by atoms with van der Waals surface area (Å²) < 4.78 is 12.3. The third-order valence-electron chi connectivity index (χ3n) is 8.78. The zero-order valence-corrected chi connectivity index (χ0v) is 26.4. The van der Waals surface area contributed by atoms with Gasteiger partial charge in [0.1, 0.15) is 0 Å². The Morgan fingerprint density at radius 2 is 2.00 bits per heavy atom. The standard InChI is InChI=1S/C33H30IN3O8/c1-44-28-13-18(12-25(34)31(28)39)11-19(26-7-2-3-10-35-26)8-9-27-29-20(16-38)14-23-30(24(29)17-45-27)33(41)36(32(23)40)21-5-4-6-22(15-21)37(42)43/h2-7,10-13,15,23-24,27,30,38-39H,8-9,14,16-17H2,1H3/b19-11-/t23-,24+,27-,30-/m1/s1. The molecule has 11 nitrogen and oxygen atoms in total. The first kappa shape index (κ1) is 30.9. The number of aromatic hydroxyl groups is 1. The second-order valence-electron chi connectivity index (χ2n) is 11.2. The predicted molar refractivity (Wildman–Crippen MR) is 173 cm³/mol. The highest BCUT2D eigenvalue weighted by Gasteiger charge is 2.57. The summed E-state index contributed by atoms with van der Waals surface area (Å²) in [6, 6.07) is 14.8. The third kappa shape index (κ3) is 5.73. The minimum atomic E-state index is -0.676. The maximum Gasteiger partial charge on any atom is 0.271 e. The van der Waals surface area contributed by atoms with Gasteiger partial charge in [-0.15, -0.1) is 0 Å². The molecule has 0 radical (unpaired) electrons. The molecule has 2 amide bonds. The van der Waals surface area contributed by atoms with Crippen LogP contribution in [0.3, 0.4) is 0 Å². The van der Waals surface area contributed by atoms with E-state index in [1.165, 1.54) is 31.4 Å². The van der Waals surface area contributed by atoms with E-state index in [1.54, 1.807) is 12.3 Å². The maximum absolute atomic E-state index is 13.8. The minimum Gasteiger partial charge on any atom is -0.504 e. The second kappa shape index (κ2) is 12.7. The van der Waals surface area contributed by atoms with Crippen LogP contribution in [0.1, 0.15) is 30.5 Å². The molecule has 3 heterocycles. The zero-order chi connectivity index (χ0) is 31.8. The van der Waals surface area contributed by atoms with Crippen LogP contribution in [0.15, 0.2) is 71.9 Å². The van der Waals surface area contributed by atoms with E-state index < -0.39 is 28.6 Å². The summed E-state index contributed by atoms with van der Waals surface area (Å²) >= 11 is 2.05. The van der Waals surface area contributed by atoms with Crippen LogP contribution in [-0.4, -0.2) is 58.4 Å². The van der Waals surface area contributed by atoms with Crippen LogP contribution in [0.25, 0.3) is 11.6 Å². The van der Waals surface area contributed by atoms with Gasteiger partial charge in [-0.1, -0.05) is 12.1 Å². The number of aliphatic hydroxyl groups is 1. The molecule has 45 heavy (non-hydrogen) atoms.